The lowest BCUT2D eigenvalue weighted by Crippen LogP contribution is -2.32. The van der Waals surface area contributed by atoms with Gasteiger partial charge in [0.15, 0.2) is 0 Å². The molecule has 1 N–H and O–H groups in total. The molecule has 1 amide bonds. The maximum absolute atomic E-state index is 11.8. The zero-order valence-corrected chi connectivity index (χ0v) is 11.7. The van der Waals surface area contributed by atoms with Gasteiger partial charge in [0.1, 0.15) is 0 Å². The molecular formula is C15H18N2OS. The Morgan fingerprint density at radius 2 is 2.00 bits per heavy atom. The molecule has 19 heavy (non-hydrogen) atoms. The first-order valence-electron chi connectivity index (χ1n) is 6.61. The summed E-state index contributed by atoms with van der Waals surface area (Å²) in [7, 11) is 0. The minimum atomic E-state index is 0.0722. The maximum atomic E-state index is 11.8. The van der Waals surface area contributed by atoms with Crippen molar-refractivity contribution in [1.29, 1.82) is 5.26 Å². The van der Waals surface area contributed by atoms with Gasteiger partial charge in [0, 0.05) is 6.54 Å². The molecule has 1 saturated heterocycles. The molecule has 0 unspecified atom stereocenters. The summed E-state index contributed by atoms with van der Waals surface area (Å²) in [6.45, 7) is 0.801. The van der Waals surface area contributed by atoms with Crippen molar-refractivity contribution in [1.82, 2.24) is 5.32 Å². The van der Waals surface area contributed by atoms with Crippen molar-refractivity contribution in [2.24, 2.45) is 5.92 Å². The topological polar surface area (TPSA) is 52.9 Å². The van der Waals surface area contributed by atoms with Crippen molar-refractivity contribution in [3.8, 4) is 6.07 Å². The van der Waals surface area contributed by atoms with Gasteiger partial charge in [-0.2, -0.15) is 17.0 Å². The zero-order chi connectivity index (χ0) is 13.5. The molecule has 3 nitrogen and oxygen atoms in total. The van der Waals surface area contributed by atoms with Crippen molar-refractivity contribution < 1.29 is 4.79 Å². The molecule has 0 aromatic heterocycles. The van der Waals surface area contributed by atoms with E-state index in [-0.39, 0.29) is 5.91 Å². The monoisotopic (exact) mass is 274 g/mol. The molecule has 0 spiro atoms. The highest BCUT2D eigenvalue weighted by Gasteiger charge is 2.14. The second-order valence-electron chi connectivity index (χ2n) is 4.85. The van der Waals surface area contributed by atoms with E-state index in [4.69, 9.17) is 5.26 Å². The van der Waals surface area contributed by atoms with Gasteiger partial charge in [0.25, 0.3) is 0 Å². The molecule has 1 aliphatic heterocycles. The first-order chi connectivity index (χ1) is 9.28. The average Bonchev–Trinajstić information content (AvgIpc) is 2.47. The van der Waals surface area contributed by atoms with E-state index >= 15 is 0 Å². The smallest absolute Gasteiger partial charge is 0.224 e. The van der Waals surface area contributed by atoms with Crippen LogP contribution < -0.4 is 5.32 Å². The minimum Gasteiger partial charge on any atom is -0.356 e. The quantitative estimate of drug-likeness (QED) is 0.917. The number of hydrogen-bond acceptors (Lipinski definition) is 3. The first-order valence-corrected chi connectivity index (χ1v) is 7.77. The molecule has 2 rings (SSSR count). The van der Waals surface area contributed by atoms with Crippen LogP contribution >= 0.6 is 11.8 Å². The minimum absolute atomic E-state index is 0.0722. The number of nitrogens with one attached hydrogen (secondary N) is 1. The number of benzene rings is 1. The molecular weight excluding hydrogens is 256 g/mol. The molecule has 1 aliphatic rings. The van der Waals surface area contributed by atoms with Gasteiger partial charge >= 0.3 is 0 Å². The Kier molecular flexibility index (Phi) is 5.29. The Balaban J connectivity index is 1.75. The van der Waals surface area contributed by atoms with E-state index in [1.165, 1.54) is 24.3 Å². The van der Waals surface area contributed by atoms with E-state index in [1.807, 2.05) is 23.9 Å². The van der Waals surface area contributed by atoms with Gasteiger partial charge in [-0.3, -0.25) is 4.79 Å². The summed E-state index contributed by atoms with van der Waals surface area (Å²) in [5, 5.41) is 11.7. The largest absolute Gasteiger partial charge is 0.356 e. The summed E-state index contributed by atoms with van der Waals surface area (Å²) < 4.78 is 0. The zero-order valence-electron chi connectivity index (χ0n) is 10.9. The molecule has 1 aromatic rings. The summed E-state index contributed by atoms with van der Waals surface area (Å²) >= 11 is 2.00. The van der Waals surface area contributed by atoms with Gasteiger partial charge in [0.2, 0.25) is 5.91 Å². The second kappa shape index (κ2) is 7.20. The third kappa shape index (κ3) is 4.60. The van der Waals surface area contributed by atoms with Gasteiger partial charge in [0.05, 0.1) is 18.1 Å². The Bertz CT molecular complexity index is 458. The van der Waals surface area contributed by atoms with Crippen LogP contribution in [0, 0.1) is 17.2 Å². The summed E-state index contributed by atoms with van der Waals surface area (Å²) in [5.41, 5.74) is 1.58. The number of carbonyl (C=O) groups is 1. The van der Waals surface area contributed by atoms with Crippen molar-refractivity contribution in [3.63, 3.8) is 0 Å². The van der Waals surface area contributed by atoms with Crippen molar-refractivity contribution in [2.45, 2.75) is 19.3 Å². The molecule has 4 heteroatoms. The molecule has 100 valence electrons. The Morgan fingerprint density at radius 1 is 1.32 bits per heavy atom. The van der Waals surface area contributed by atoms with Crippen LogP contribution in [0.1, 0.15) is 24.0 Å². The van der Waals surface area contributed by atoms with E-state index in [2.05, 4.69) is 11.4 Å². The number of thioether (sulfide) groups is 1. The Labute approximate surface area is 118 Å². The van der Waals surface area contributed by atoms with Crippen LogP contribution in [0.25, 0.3) is 0 Å². The van der Waals surface area contributed by atoms with E-state index in [0.29, 0.717) is 17.9 Å². The normalized spacial score (nSPS) is 15.7. The fraction of sp³-hybridized carbons (Fsp3) is 0.467. The predicted octanol–water partition coefficient (Wildman–Crippen LogP) is 2.36. The number of rotatable bonds is 4. The van der Waals surface area contributed by atoms with Crippen LogP contribution in [0.5, 0.6) is 0 Å². The molecule has 1 fully saturated rings. The molecule has 0 saturated carbocycles. The van der Waals surface area contributed by atoms with E-state index in [0.717, 1.165) is 12.1 Å². The number of amides is 1. The second-order valence-corrected chi connectivity index (χ2v) is 6.07. The molecule has 1 aromatic carbocycles. The summed E-state index contributed by atoms with van der Waals surface area (Å²) in [5.74, 6) is 3.15. The van der Waals surface area contributed by atoms with E-state index in [9.17, 15) is 4.79 Å². The van der Waals surface area contributed by atoms with Crippen LogP contribution in [0.4, 0.5) is 0 Å². The molecule has 0 bridgehead atoms. The molecule has 1 heterocycles. The summed E-state index contributed by atoms with van der Waals surface area (Å²) in [4.78, 5) is 11.8. The van der Waals surface area contributed by atoms with Gasteiger partial charge in [-0.1, -0.05) is 12.1 Å². The number of nitriles is 1. The van der Waals surface area contributed by atoms with E-state index in [1.54, 1.807) is 12.1 Å². The SMILES string of the molecule is N#Cc1ccc(CC(=O)NCC2CCSCC2)cc1. The van der Waals surface area contributed by atoms with Crippen molar-refractivity contribution in [2.75, 3.05) is 18.1 Å². The highest BCUT2D eigenvalue weighted by Crippen LogP contribution is 2.21. The van der Waals surface area contributed by atoms with Crippen LogP contribution in [0.2, 0.25) is 0 Å². The van der Waals surface area contributed by atoms with Crippen LogP contribution in [0.15, 0.2) is 24.3 Å². The highest BCUT2D eigenvalue weighted by molar-refractivity contribution is 7.99. The van der Waals surface area contributed by atoms with E-state index < -0.39 is 0 Å². The van der Waals surface area contributed by atoms with Crippen LogP contribution in [-0.4, -0.2) is 24.0 Å². The third-order valence-electron chi connectivity index (χ3n) is 3.38. The maximum Gasteiger partial charge on any atom is 0.224 e. The molecule has 0 atom stereocenters. The predicted molar refractivity (Wildman–Crippen MR) is 77.9 cm³/mol. The van der Waals surface area contributed by atoms with Crippen LogP contribution in [-0.2, 0) is 11.2 Å². The first kappa shape index (κ1) is 14.0. The lowest BCUT2D eigenvalue weighted by molar-refractivity contribution is -0.120. The van der Waals surface area contributed by atoms with Gasteiger partial charge in [-0.15, -0.1) is 0 Å². The highest BCUT2D eigenvalue weighted by atomic mass is 32.2. The fourth-order valence-electron chi connectivity index (χ4n) is 2.15. The van der Waals surface area contributed by atoms with Gasteiger partial charge in [-0.05, 0) is 48.0 Å². The Hall–Kier alpha value is -1.47. The molecule has 0 radical (unpaired) electrons. The Morgan fingerprint density at radius 3 is 2.63 bits per heavy atom. The van der Waals surface area contributed by atoms with Crippen molar-refractivity contribution >= 4 is 17.7 Å². The van der Waals surface area contributed by atoms with Crippen molar-refractivity contribution in [3.05, 3.63) is 35.4 Å². The average molecular weight is 274 g/mol. The number of nitrogens with zero attached hydrogens (tertiary/aromatic N) is 1. The number of hydrogen-bond donors (Lipinski definition) is 1. The number of carbonyl (C=O) groups excluding carboxylic acids is 1. The molecule has 0 aliphatic carbocycles. The third-order valence-corrected chi connectivity index (χ3v) is 4.43. The van der Waals surface area contributed by atoms with Gasteiger partial charge in [-0.25, -0.2) is 0 Å². The summed E-state index contributed by atoms with van der Waals surface area (Å²) in [6.07, 6.45) is 2.82. The fourth-order valence-corrected chi connectivity index (χ4v) is 3.36. The lowest BCUT2D eigenvalue weighted by atomic mass is 10.0. The van der Waals surface area contributed by atoms with Crippen LogP contribution in [0.3, 0.4) is 0 Å². The summed E-state index contributed by atoms with van der Waals surface area (Å²) in [6, 6.07) is 9.26. The van der Waals surface area contributed by atoms with Gasteiger partial charge < -0.3 is 5.32 Å². The lowest BCUT2D eigenvalue weighted by Gasteiger charge is -2.21. The standard InChI is InChI=1S/C15H18N2OS/c16-10-13-3-1-12(2-4-13)9-15(18)17-11-14-5-7-19-8-6-14/h1-4,14H,5-9,11H2,(H,17,18).